The van der Waals surface area contributed by atoms with Gasteiger partial charge in [-0.2, -0.15) is 0 Å². The summed E-state index contributed by atoms with van der Waals surface area (Å²) in [5.41, 5.74) is 1.31. The van der Waals surface area contributed by atoms with Crippen LogP contribution in [-0.4, -0.2) is 31.6 Å². The highest BCUT2D eigenvalue weighted by molar-refractivity contribution is 5.91. The number of esters is 1. The first-order valence-electron chi connectivity index (χ1n) is 7.12. The number of carbonyl (C=O) groups is 2. The fourth-order valence-electron chi connectivity index (χ4n) is 2.17. The summed E-state index contributed by atoms with van der Waals surface area (Å²) in [4.78, 5) is 23.6. The second-order valence-electron chi connectivity index (χ2n) is 5.45. The molecule has 2 rings (SSSR count). The van der Waals surface area contributed by atoms with Gasteiger partial charge in [0.1, 0.15) is 5.75 Å². The van der Waals surface area contributed by atoms with E-state index in [-0.39, 0.29) is 18.6 Å². The molecule has 0 bridgehead atoms. The Balaban J connectivity index is 1.84. The van der Waals surface area contributed by atoms with Gasteiger partial charge in [0.2, 0.25) is 0 Å². The molecule has 0 aromatic heterocycles. The molecule has 1 atom stereocenters. The predicted octanol–water partition coefficient (Wildman–Crippen LogP) is 2.08. The number of hydrogen-bond acceptors (Lipinski definition) is 4. The number of rotatable bonds is 6. The molecule has 0 aliphatic heterocycles. The van der Waals surface area contributed by atoms with E-state index in [4.69, 9.17) is 9.47 Å². The van der Waals surface area contributed by atoms with Crippen LogP contribution in [0.3, 0.4) is 0 Å². The van der Waals surface area contributed by atoms with Crippen LogP contribution in [0.4, 0.5) is 0 Å². The highest BCUT2D eigenvalue weighted by atomic mass is 16.5. The summed E-state index contributed by atoms with van der Waals surface area (Å²) in [6.45, 7) is 3.61. The molecule has 1 aliphatic rings. The summed E-state index contributed by atoms with van der Waals surface area (Å²) in [5.74, 6) is 0.409. The summed E-state index contributed by atoms with van der Waals surface area (Å²) < 4.78 is 10.2. The zero-order valence-corrected chi connectivity index (χ0v) is 12.6. The van der Waals surface area contributed by atoms with Gasteiger partial charge in [0.25, 0.3) is 5.91 Å². The lowest BCUT2D eigenvalue weighted by molar-refractivity contribution is -0.124. The van der Waals surface area contributed by atoms with Crippen molar-refractivity contribution in [1.82, 2.24) is 5.32 Å². The minimum Gasteiger partial charge on any atom is -0.496 e. The number of ether oxygens (including phenoxy) is 2. The van der Waals surface area contributed by atoms with Crippen molar-refractivity contribution in [3.05, 3.63) is 29.3 Å². The van der Waals surface area contributed by atoms with E-state index in [1.807, 2.05) is 13.8 Å². The Hall–Kier alpha value is -2.04. The molecule has 1 aliphatic carbocycles. The van der Waals surface area contributed by atoms with Crippen molar-refractivity contribution in [2.45, 2.75) is 32.7 Å². The molecule has 21 heavy (non-hydrogen) atoms. The molecule has 0 saturated heterocycles. The van der Waals surface area contributed by atoms with Crippen molar-refractivity contribution in [2.75, 3.05) is 13.7 Å². The van der Waals surface area contributed by atoms with Gasteiger partial charge in [0, 0.05) is 6.04 Å². The minimum atomic E-state index is -0.525. The molecule has 5 heteroatoms. The maximum atomic E-state index is 11.9. The summed E-state index contributed by atoms with van der Waals surface area (Å²) in [6, 6.07) is 5.20. The van der Waals surface area contributed by atoms with Crippen molar-refractivity contribution in [3.63, 3.8) is 0 Å². The zero-order chi connectivity index (χ0) is 15.4. The number of hydrogen-bond donors (Lipinski definition) is 1. The number of nitrogens with one attached hydrogen (secondary N) is 1. The van der Waals surface area contributed by atoms with Crippen LogP contribution in [0.2, 0.25) is 0 Å². The molecule has 0 spiro atoms. The molecule has 1 saturated carbocycles. The molecule has 1 N–H and O–H groups in total. The van der Waals surface area contributed by atoms with Gasteiger partial charge >= 0.3 is 5.97 Å². The lowest BCUT2D eigenvalue weighted by Crippen LogP contribution is -2.37. The third-order valence-electron chi connectivity index (χ3n) is 3.70. The molecule has 0 radical (unpaired) electrons. The first kappa shape index (κ1) is 15.4. The quantitative estimate of drug-likeness (QED) is 0.815. The molecule has 5 nitrogen and oxygen atoms in total. The highest BCUT2D eigenvalue weighted by Gasteiger charge is 2.29. The van der Waals surface area contributed by atoms with Gasteiger partial charge in [0.15, 0.2) is 6.61 Å². The zero-order valence-electron chi connectivity index (χ0n) is 12.6. The predicted molar refractivity (Wildman–Crippen MR) is 78.3 cm³/mol. The molecule has 1 aromatic rings. The normalized spacial score (nSPS) is 15.2. The van der Waals surface area contributed by atoms with E-state index in [2.05, 4.69) is 5.32 Å². The number of benzene rings is 1. The Bertz CT molecular complexity index is 537. The summed E-state index contributed by atoms with van der Waals surface area (Å²) >= 11 is 0. The van der Waals surface area contributed by atoms with Crippen LogP contribution >= 0.6 is 0 Å². The largest absolute Gasteiger partial charge is 0.496 e. The van der Waals surface area contributed by atoms with Gasteiger partial charge < -0.3 is 14.8 Å². The summed E-state index contributed by atoms with van der Waals surface area (Å²) in [6.07, 6.45) is 2.31. The SMILES string of the molecule is COc1cc(C(=O)OCC(=O)N[C@H](C)C2CC2)ccc1C. The highest BCUT2D eigenvalue weighted by Crippen LogP contribution is 2.32. The van der Waals surface area contributed by atoms with Crippen molar-refractivity contribution in [2.24, 2.45) is 5.92 Å². The first-order valence-corrected chi connectivity index (χ1v) is 7.12. The van der Waals surface area contributed by atoms with E-state index in [9.17, 15) is 9.59 Å². The number of amides is 1. The van der Waals surface area contributed by atoms with Crippen LogP contribution in [0.5, 0.6) is 5.75 Å². The van der Waals surface area contributed by atoms with Crippen molar-refractivity contribution < 1.29 is 19.1 Å². The standard InChI is InChI=1S/C16H21NO4/c1-10-4-5-13(8-14(10)20-3)16(19)21-9-15(18)17-11(2)12-6-7-12/h4-5,8,11-12H,6-7,9H2,1-3H3,(H,17,18)/t11-/m1/s1. The molecule has 0 heterocycles. The average Bonchev–Trinajstić information content (AvgIpc) is 3.29. The number of methoxy groups -OCH3 is 1. The van der Waals surface area contributed by atoms with Crippen molar-refractivity contribution in [3.8, 4) is 5.75 Å². The Labute approximate surface area is 124 Å². The monoisotopic (exact) mass is 291 g/mol. The minimum absolute atomic E-state index is 0.149. The fraction of sp³-hybridized carbons (Fsp3) is 0.500. The molecule has 0 unspecified atom stereocenters. The van der Waals surface area contributed by atoms with Crippen LogP contribution < -0.4 is 10.1 Å². The van der Waals surface area contributed by atoms with E-state index in [0.29, 0.717) is 17.2 Å². The molecule has 114 valence electrons. The second kappa shape index (κ2) is 6.61. The van der Waals surface area contributed by atoms with Crippen molar-refractivity contribution in [1.29, 1.82) is 0 Å². The van der Waals surface area contributed by atoms with E-state index in [1.165, 1.54) is 0 Å². The Morgan fingerprint density at radius 3 is 2.71 bits per heavy atom. The third-order valence-corrected chi connectivity index (χ3v) is 3.70. The van der Waals surface area contributed by atoms with Crippen LogP contribution in [0.1, 0.15) is 35.7 Å². The van der Waals surface area contributed by atoms with E-state index < -0.39 is 5.97 Å². The fourth-order valence-corrected chi connectivity index (χ4v) is 2.17. The molecule has 1 amide bonds. The number of aryl methyl sites for hydroxylation is 1. The van der Waals surface area contributed by atoms with E-state index in [1.54, 1.807) is 25.3 Å². The molecule has 1 fully saturated rings. The number of carbonyl (C=O) groups excluding carboxylic acids is 2. The smallest absolute Gasteiger partial charge is 0.338 e. The molecular formula is C16H21NO4. The summed E-state index contributed by atoms with van der Waals surface area (Å²) in [7, 11) is 1.55. The lowest BCUT2D eigenvalue weighted by atomic mass is 10.1. The Kier molecular flexibility index (Phi) is 4.83. The van der Waals surface area contributed by atoms with Gasteiger partial charge in [0.05, 0.1) is 12.7 Å². The Morgan fingerprint density at radius 2 is 2.10 bits per heavy atom. The van der Waals surface area contributed by atoms with Crippen LogP contribution in [0.15, 0.2) is 18.2 Å². The van der Waals surface area contributed by atoms with Crippen LogP contribution in [0.25, 0.3) is 0 Å². The van der Waals surface area contributed by atoms with Gasteiger partial charge in [-0.1, -0.05) is 6.07 Å². The van der Waals surface area contributed by atoms with Gasteiger partial charge in [-0.3, -0.25) is 4.79 Å². The van der Waals surface area contributed by atoms with Gasteiger partial charge in [-0.05, 0) is 50.3 Å². The lowest BCUT2D eigenvalue weighted by Gasteiger charge is -2.13. The average molecular weight is 291 g/mol. The van der Waals surface area contributed by atoms with Gasteiger partial charge in [-0.15, -0.1) is 0 Å². The summed E-state index contributed by atoms with van der Waals surface area (Å²) in [5, 5.41) is 2.84. The maximum Gasteiger partial charge on any atom is 0.338 e. The third kappa shape index (κ3) is 4.21. The molecule has 1 aromatic carbocycles. The van der Waals surface area contributed by atoms with E-state index >= 15 is 0 Å². The first-order chi connectivity index (χ1) is 10.0. The van der Waals surface area contributed by atoms with Crippen LogP contribution in [-0.2, 0) is 9.53 Å². The van der Waals surface area contributed by atoms with Crippen LogP contribution in [0, 0.1) is 12.8 Å². The topological polar surface area (TPSA) is 64.6 Å². The Morgan fingerprint density at radius 1 is 1.38 bits per heavy atom. The van der Waals surface area contributed by atoms with Gasteiger partial charge in [-0.25, -0.2) is 4.79 Å². The van der Waals surface area contributed by atoms with E-state index in [0.717, 1.165) is 18.4 Å². The second-order valence-corrected chi connectivity index (χ2v) is 5.45. The van der Waals surface area contributed by atoms with Crippen molar-refractivity contribution >= 4 is 11.9 Å². The maximum absolute atomic E-state index is 11.9. The molecular weight excluding hydrogens is 270 g/mol.